The van der Waals surface area contributed by atoms with E-state index < -0.39 is 15.3 Å². The van der Waals surface area contributed by atoms with Crippen LogP contribution in [0.25, 0.3) is 0 Å². The van der Waals surface area contributed by atoms with Crippen LogP contribution in [0.3, 0.4) is 0 Å². The van der Waals surface area contributed by atoms with Gasteiger partial charge in [0.1, 0.15) is 5.82 Å². The molecule has 1 aromatic carbocycles. The van der Waals surface area contributed by atoms with Crippen LogP contribution in [0.1, 0.15) is 32.3 Å². The molecule has 2 rings (SSSR count). The SMILES string of the molecule is CC(C)S(=O)(=O)N(Cc1ccc(F)cc1)C1CC1. The number of sulfonamides is 1. The summed E-state index contributed by atoms with van der Waals surface area (Å²) < 4.78 is 38.9. The summed E-state index contributed by atoms with van der Waals surface area (Å²) in [5.74, 6) is -0.302. The first-order valence-corrected chi connectivity index (χ1v) is 7.66. The molecule has 0 bridgehead atoms. The van der Waals surface area contributed by atoms with Crippen LogP contribution in [0.15, 0.2) is 24.3 Å². The maximum atomic E-state index is 12.8. The highest BCUT2D eigenvalue weighted by atomic mass is 32.2. The molecule has 0 heterocycles. The van der Waals surface area contributed by atoms with Crippen molar-refractivity contribution >= 4 is 10.0 Å². The van der Waals surface area contributed by atoms with Gasteiger partial charge >= 0.3 is 0 Å². The van der Waals surface area contributed by atoms with Crippen molar-refractivity contribution in [1.82, 2.24) is 4.31 Å². The summed E-state index contributed by atoms with van der Waals surface area (Å²) in [7, 11) is -3.24. The average molecular weight is 271 g/mol. The molecular weight excluding hydrogens is 253 g/mol. The van der Waals surface area contributed by atoms with Crippen molar-refractivity contribution in [1.29, 1.82) is 0 Å². The van der Waals surface area contributed by atoms with E-state index in [1.807, 2.05) is 0 Å². The maximum Gasteiger partial charge on any atom is 0.216 e. The van der Waals surface area contributed by atoms with Gasteiger partial charge in [-0.3, -0.25) is 0 Å². The fraction of sp³-hybridized carbons (Fsp3) is 0.538. The third-order valence-electron chi connectivity index (χ3n) is 3.13. The van der Waals surface area contributed by atoms with Gasteiger partial charge in [-0.05, 0) is 44.4 Å². The summed E-state index contributed by atoms with van der Waals surface area (Å²) in [5.41, 5.74) is 0.826. The normalized spacial score (nSPS) is 16.5. The van der Waals surface area contributed by atoms with E-state index in [0.29, 0.717) is 6.54 Å². The van der Waals surface area contributed by atoms with Gasteiger partial charge in [0.2, 0.25) is 10.0 Å². The zero-order valence-electron chi connectivity index (χ0n) is 10.6. The molecule has 0 aliphatic heterocycles. The summed E-state index contributed by atoms with van der Waals surface area (Å²) in [5, 5.41) is -0.418. The van der Waals surface area contributed by atoms with Gasteiger partial charge in [0.15, 0.2) is 0 Å². The maximum absolute atomic E-state index is 12.8. The lowest BCUT2D eigenvalue weighted by molar-refractivity contribution is 0.393. The Balaban J connectivity index is 2.19. The van der Waals surface area contributed by atoms with Crippen LogP contribution in [-0.4, -0.2) is 24.0 Å². The van der Waals surface area contributed by atoms with Crippen molar-refractivity contribution in [2.24, 2.45) is 0 Å². The molecule has 1 aliphatic rings. The van der Waals surface area contributed by atoms with Crippen molar-refractivity contribution in [3.63, 3.8) is 0 Å². The Morgan fingerprint density at radius 1 is 1.28 bits per heavy atom. The van der Waals surface area contributed by atoms with Crippen molar-refractivity contribution in [2.45, 2.75) is 44.5 Å². The Hall–Kier alpha value is -0.940. The Kier molecular flexibility index (Phi) is 3.73. The van der Waals surface area contributed by atoms with Crippen LogP contribution >= 0.6 is 0 Å². The molecule has 0 N–H and O–H groups in total. The molecule has 1 aromatic rings. The third-order valence-corrected chi connectivity index (χ3v) is 5.40. The second kappa shape index (κ2) is 4.97. The minimum absolute atomic E-state index is 0.127. The molecule has 5 heteroatoms. The molecular formula is C13H18FNO2S. The van der Waals surface area contributed by atoms with Gasteiger partial charge in [-0.15, -0.1) is 0 Å². The number of halogens is 1. The summed E-state index contributed by atoms with van der Waals surface area (Å²) in [6.45, 7) is 3.72. The summed E-state index contributed by atoms with van der Waals surface area (Å²) in [6, 6.07) is 6.13. The number of nitrogens with zero attached hydrogens (tertiary/aromatic N) is 1. The van der Waals surface area contributed by atoms with Crippen molar-refractivity contribution in [2.75, 3.05) is 0 Å². The van der Waals surface area contributed by atoms with Crippen LogP contribution in [0.2, 0.25) is 0 Å². The molecule has 0 amide bonds. The molecule has 0 saturated heterocycles. The lowest BCUT2D eigenvalue weighted by Crippen LogP contribution is -2.37. The Morgan fingerprint density at radius 3 is 2.28 bits per heavy atom. The molecule has 0 radical (unpaired) electrons. The van der Waals surface area contributed by atoms with E-state index in [0.717, 1.165) is 18.4 Å². The molecule has 100 valence electrons. The zero-order chi connectivity index (χ0) is 13.3. The highest BCUT2D eigenvalue weighted by Gasteiger charge is 2.38. The van der Waals surface area contributed by atoms with Gasteiger partial charge in [0.05, 0.1) is 5.25 Å². The van der Waals surface area contributed by atoms with Crippen LogP contribution in [0.4, 0.5) is 4.39 Å². The fourth-order valence-corrected chi connectivity index (χ4v) is 3.33. The molecule has 1 saturated carbocycles. The molecule has 1 fully saturated rings. The lowest BCUT2D eigenvalue weighted by Gasteiger charge is -2.24. The first kappa shape index (κ1) is 13.5. The molecule has 1 aliphatic carbocycles. The van der Waals surface area contributed by atoms with E-state index in [2.05, 4.69) is 0 Å². The lowest BCUT2D eigenvalue weighted by atomic mass is 10.2. The first-order valence-electron chi connectivity index (χ1n) is 6.16. The van der Waals surface area contributed by atoms with E-state index in [-0.39, 0.29) is 11.9 Å². The largest absolute Gasteiger partial charge is 0.216 e. The van der Waals surface area contributed by atoms with Crippen molar-refractivity contribution in [3.05, 3.63) is 35.6 Å². The third kappa shape index (κ3) is 2.90. The van der Waals surface area contributed by atoms with E-state index in [4.69, 9.17) is 0 Å². The number of rotatable bonds is 5. The quantitative estimate of drug-likeness (QED) is 0.825. The van der Waals surface area contributed by atoms with Crippen molar-refractivity contribution in [3.8, 4) is 0 Å². The highest BCUT2D eigenvalue weighted by Crippen LogP contribution is 2.32. The highest BCUT2D eigenvalue weighted by molar-refractivity contribution is 7.89. The Labute approximate surface area is 108 Å². The minimum atomic E-state index is -3.24. The number of hydrogen-bond acceptors (Lipinski definition) is 2. The summed E-state index contributed by atoms with van der Waals surface area (Å²) in [4.78, 5) is 0. The number of benzene rings is 1. The van der Waals surface area contributed by atoms with Crippen LogP contribution < -0.4 is 0 Å². The monoisotopic (exact) mass is 271 g/mol. The van der Waals surface area contributed by atoms with Gasteiger partial charge in [0.25, 0.3) is 0 Å². The molecule has 0 spiro atoms. The van der Waals surface area contributed by atoms with Gasteiger partial charge in [0, 0.05) is 12.6 Å². The first-order chi connectivity index (χ1) is 8.41. The second-order valence-electron chi connectivity index (χ2n) is 5.00. The molecule has 0 atom stereocenters. The standard InChI is InChI=1S/C13H18FNO2S/c1-10(2)18(16,17)15(13-7-8-13)9-11-3-5-12(14)6-4-11/h3-6,10,13H,7-9H2,1-2H3. The molecule has 0 unspecified atom stereocenters. The predicted molar refractivity (Wildman–Crippen MR) is 69.0 cm³/mol. The van der Waals surface area contributed by atoms with Gasteiger partial charge in [-0.1, -0.05) is 12.1 Å². The topological polar surface area (TPSA) is 37.4 Å². The zero-order valence-corrected chi connectivity index (χ0v) is 11.5. The Morgan fingerprint density at radius 2 is 1.83 bits per heavy atom. The summed E-state index contributed by atoms with van der Waals surface area (Å²) in [6.07, 6.45) is 1.85. The minimum Gasteiger partial charge on any atom is -0.212 e. The Bertz CT molecular complexity index is 506. The fourth-order valence-electron chi connectivity index (χ4n) is 1.83. The number of hydrogen-bond donors (Lipinski definition) is 0. The predicted octanol–water partition coefficient (Wildman–Crippen LogP) is 2.53. The van der Waals surface area contributed by atoms with Gasteiger partial charge in [-0.2, -0.15) is 4.31 Å². The van der Waals surface area contributed by atoms with Crippen molar-refractivity contribution < 1.29 is 12.8 Å². The molecule has 18 heavy (non-hydrogen) atoms. The molecule has 0 aromatic heterocycles. The van der Waals surface area contributed by atoms with E-state index in [9.17, 15) is 12.8 Å². The second-order valence-corrected chi connectivity index (χ2v) is 7.44. The smallest absolute Gasteiger partial charge is 0.212 e. The van der Waals surface area contributed by atoms with Crippen LogP contribution in [0, 0.1) is 5.82 Å². The van der Waals surface area contributed by atoms with Crippen LogP contribution in [0.5, 0.6) is 0 Å². The van der Waals surface area contributed by atoms with Gasteiger partial charge in [-0.25, -0.2) is 12.8 Å². The van der Waals surface area contributed by atoms with Gasteiger partial charge < -0.3 is 0 Å². The summed E-state index contributed by atoms with van der Waals surface area (Å²) >= 11 is 0. The molecule has 3 nitrogen and oxygen atoms in total. The van der Waals surface area contributed by atoms with E-state index in [1.54, 1.807) is 30.3 Å². The van der Waals surface area contributed by atoms with E-state index >= 15 is 0 Å². The average Bonchev–Trinajstić information content (AvgIpc) is 3.11. The van der Waals surface area contributed by atoms with Crippen LogP contribution in [-0.2, 0) is 16.6 Å². The van der Waals surface area contributed by atoms with E-state index in [1.165, 1.54) is 12.1 Å².